The van der Waals surface area contributed by atoms with Crippen molar-refractivity contribution in [1.29, 1.82) is 0 Å². The fraction of sp³-hybridized carbons (Fsp3) is 0.519. The molecule has 1 unspecified atom stereocenters. The van der Waals surface area contributed by atoms with E-state index in [2.05, 4.69) is 27.4 Å². The van der Waals surface area contributed by atoms with Gasteiger partial charge in [0.1, 0.15) is 5.52 Å². The molecule has 4 aliphatic rings. The van der Waals surface area contributed by atoms with Gasteiger partial charge in [0.2, 0.25) is 0 Å². The second-order valence-electron chi connectivity index (χ2n) is 10.5. The highest BCUT2D eigenvalue weighted by Crippen LogP contribution is 2.35. The summed E-state index contributed by atoms with van der Waals surface area (Å²) >= 11 is 6.33. The molecule has 10 heteroatoms. The standard InChI is InChI=1S/C27H31ClN6O3/c28-22-10-30-26-25(22)32-23(11-31-26)17-8-16-4-6-33(14-21(16)20(9-17)24-15-36-7-5-29-24)27(35)34-12-18-2-1-3-19(13-34)37-18/h8-11,18-19,24,29H,1-7,12-15H2,(H,30,31)/t18-,19?,24-/m0/s1. The first-order valence-electron chi connectivity index (χ1n) is 13.3. The van der Waals surface area contributed by atoms with Gasteiger partial charge in [0.15, 0.2) is 5.65 Å². The summed E-state index contributed by atoms with van der Waals surface area (Å²) in [5.74, 6) is 0. The van der Waals surface area contributed by atoms with E-state index in [1.54, 1.807) is 12.4 Å². The van der Waals surface area contributed by atoms with Crippen molar-refractivity contribution in [1.82, 2.24) is 30.1 Å². The number of aromatic amines is 1. The van der Waals surface area contributed by atoms with Crippen LogP contribution in [0.25, 0.3) is 22.4 Å². The zero-order chi connectivity index (χ0) is 24.9. The Morgan fingerprint density at radius 1 is 1.16 bits per heavy atom. The third-order valence-electron chi connectivity index (χ3n) is 8.13. The lowest BCUT2D eigenvalue weighted by molar-refractivity contribution is -0.104. The van der Waals surface area contributed by atoms with Gasteiger partial charge in [0, 0.05) is 44.5 Å². The Morgan fingerprint density at radius 3 is 2.84 bits per heavy atom. The number of likely N-dealkylation sites (tertiary alicyclic amines) is 1. The lowest BCUT2D eigenvalue weighted by Crippen LogP contribution is -2.56. The molecule has 0 radical (unpaired) electrons. The van der Waals surface area contributed by atoms with Crippen LogP contribution in [-0.2, 0) is 22.4 Å². The van der Waals surface area contributed by atoms with Crippen molar-refractivity contribution in [2.75, 3.05) is 39.4 Å². The maximum absolute atomic E-state index is 13.6. The van der Waals surface area contributed by atoms with Crippen LogP contribution in [0, 0.1) is 0 Å². The average molecular weight is 523 g/mol. The summed E-state index contributed by atoms with van der Waals surface area (Å²) < 4.78 is 11.9. The molecule has 194 valence electrons. The molecule has 3 saturated heterocycles. The van der Waals surface area contributed by atoms with Crippen LogP contribution in [0.2, 0.25) is 5.02 Å². The predicted molar refractivity (Wildman–Crippen MR) is 139 cm³/mol. The van der Waals surface area contributed by atoms with Crippen LogP contribution in [0.4, 0.5) is 4.79 Å². The summed E-state index contributed by atoms with van der Waals surface area (Å²) in [7, 11) is 0. The van der Waals surface area contributed by atoms with Crippen LogP contribution in [0.15, 0.2) is 24.5 Å². The second-order valence-corrected chi connectivity index (χ2v) is 11.0. The molecule has 3 fully saturated rings. The number of H-pyrrole nitrogens is 1. The molecular formula is C27H31ClN6O3. The van der Waals surface area contributed by atoms with E-state index in [0.29, 0.717) is 55.6 Å². The van der Waals surface area contributed by atoms with Gasteiger partial charge in [-0.05, 0) is 54.5 Å². The van der Waals surface area contributed by atoms with E-state index in [1.807, 2.05) is 9.80 Å². The Labute approximate surface area is 220 Å². The maximum Gasteiger partial charge on any atom is 0.320 e. The quantitative estimate of drug-likeness (QED) is 0.533. The summed E-state index contributed by atoms with van der Waals surface area (Å²) in [4.78, 5) is 30.1. The first kappa shape index (κ1) is 23.4. The summed E-state index contributed by atoms with van der Waals surface area (Å²) in [6.45, 7) is 4.80. The highest BCUT2D eigenvalue weighted by Gasteiger charge is 2.36. The molecule has 2 bridgehead atoms. The molecule has 0 saturated carbocycles. The number of carbonyl (C=O) groups excluding carboxylic acids is 1. The molecule has 2 amide bonds. The second kappa shape index (κ2) is 9.54. The SMILES string of the molecule is O=C(N1CCc2cc(-c3cnc4[nH]cc(Cl)c4n3)cc([C@@H]3COCCN3)c2C1)N1CC2CCC[C@@H](C1)O2. The lowest BCUT2D eigenvalue weighted by atomic mass is 9.88. The van der Waals surface area contributed by atoms with Crippen molar-refractivity contribution in [3.05, 3.63) is 46.2 Å². The number of aromatic nitrogens is 3. The molecule has 3 atom stereocenters. The summed E-state index contributed by atoms with van der Waals surface area (Å²) in [5.41, 5.74) is 6.78. The van der Waals surface area contributed by atoms with Gasteiger partial charge in [0.25, 0.3) is 0 Å². The smallest absolute Gasteiger partial charge is 0.320 e. The molecule has 3 aromatic rings. The number of hydrogen-bond donors (Lipinski definition) is 2. The van der Waals surface area contributed by atoms with E-state index in [1.165, 1.54) is 23.1 Å². The number of rotatable bonds is 2. The van der Waals surface area contributed by atoms with Crippen molar-refractivity contribution in [2.45, 2.75) is 50.5 Å². The van der Waals surface area contributed by atoms with E-state index in [-0.39, 0.29) is 24.3 Å². The number of morpholine rings is 2. The Bertz CT molecular complexity index is 1330. The van der Waals surface area contributed by atoms with E-state index in [0.717, 1.165) is 37.1 Å². The van der Waals surface area contributed by atoms with Gasteiger partial charge in [-0.25, -0.2) is 14.8 Å². The summed E-state index contributed by atoms with van der Waals surface area (Å²) in [6, 6.07) is 4.59. The molecule has 1 aromatic carbocycles. The number of benzene rings is 1. The number of halogens is 1. The van der Waals surface area contributed by atoms with Crippen LogP contribution in [-0.4, -0.2) is 82.4 Å². The zero-order valence-electron chi connectivity index (χ0n) is 20.7. The van der Waals surface area contributed by atoms with E-state index >= 15 is 0 Å². The first-order valence-corrected chi connectivity index (χ1v) is 13.7. The highest BCUT2D eigenvalue weighted by atomic mass is 35.5. The van der Waals surface area contributed by atoms with Gasteiger partial charge < -0.3 is 29.6 Å². The zero-order valence-corrected chi connectivity index (χ0v) is 21.5. The van der Waals surface area contributed by atoms with E-state index in [4.69, 9.17) is 26.1 Å². The molecule has 37 heavy (non-hydrogen) atoms. The van der Waals surface area contributed by atoms with Crippen molar-refractivity contribution in [3.8, 4) is 11.3 Å². The van der Waals surface area contributed by atoms with Crippen molar-refractivity contribution < 1.29 is 14.3 Å². The number of amides is 2. The van der Waals surface area contributed by atoms with Crippen LogP contribution >= 0.6 is 11.6 Å². The molecule has 7 rings (SSSR count). The topological polar surface area (TPSA) is 95.6 Å². The average Bonchev–Trinajstić information content (AvgIpc) is 3.31. The monoisotopic (exact) mass is 522 g/mol. The minimum atomic E-state index is 0.0628. The molecular weight excluding hydrogens is 492 g/mol. The third kappa shape index (κ3) is 4.37. The Kier molecular flexibility index (Phi) is 6.04. The first-order chi connectivity index (χ1) is 18.1. The van der Waals surface area contributed by atoms with Crippen LogP contribution < -0.4 is 5.32 Å². The van der Waals surface area contributed by atoms with Gasteiger partial charge in [0.05, 0.1) is 48.4 Å². The molecule has 2 aromatic heterocycles. The molecule has 6 heterocycles. The lowest BCUT2D eigenvalue weighted by Gasteiger charge is -2.44. The third-order valence-corrected chi connectivity index (χ3v) is 8.42. The molecule has 0 aliphatic carbocycles. The van der Waals surface area contributed by atoms with Crippen LogP contribution in [0.3, 0.4) is 0 Å². The predicted octanol–water partition coefficient (Wildman–Crippen LogP) is 3.67. The number of urea groups is 1. The summed E-state index contributed by atoms with van der Waals surface area (Å²) in [6.07, 6.45) is 7.96. The van der Waals surface area contributed by atoms with Gasteiger partial charge in [-0.3, -0.25) is 0 Å². The van der Waals surface area contributed by atoms with Crippen molar-refractivity contribution >= 4 is 28.8 Å². The van der Waals surface area contributed by atoms with Crippen molar-refractivity contribution in [2.24, 2.45) is 0 Å². The number of ether oxygens (including phenoxy) is 2. The minimum Gasteiger partial charge on any atom is -0.378 e. The molecule has 4 aliphatic heterocycles. The number of hydrogen-bond acceptors (Lipinski definition) is 6. The van der Waals surface area contributed by atoms with Gasteiger partial charge in [-0.15, -0.1) is 0 Å². The minimum absolute atomic E-state index is 0.0628. The normalized spacial score (nSPS) is 25.8. The highest BCUT2D eigenvalue weighted by molar-refractivity contribution is 6.34. The Hall–Kier alpha value is -2.72. The molecule has 9 nitrogen and oxygen atoms in total. The van der Waals surface area contributed by atoms with Crippen molar-refractivity contribution in [3.63, 3.8) is 0 Å². The number of fused-ring (bicyclic) bond motifs is 4. The Balaban J connectivity index is 1.22. The van der Waals surface area contributed by atoms with Gasteiger partial charge >= 0.3 is 6.03 Å². The summed E-state index contributed by atoms with van der Waals surface area (Å²) in [5, 5.41) is 4.18. The number of nitrogens with zero attached hydrogens (tertiary/aromatic N) is 4. The van der Waals surface area contributed by atoms with E-state index in [9.17, 15) is 4.79 Å². The van der Waals surface area contributed by atoms with Gasteiger partial charge in [-0.2, -0.15) is 0 Å². The molecule has 0 spiro atoms. The fourth-order valence-corrected chi connectivity index (χ4v) is 6.44. The van der Waals surface area contributed by atoms with Gasteiger partial charge in [-0.1, -0.05) is 11.6 Å². The fourth-order valence-electron chi connectivity index (χ4n) is 6.26. The maximum atomic E-state index is 13.6. The van der Waals surface area contributed by atoms with Crippen LogP contribution in [0.1, 0.15) is 42.0 Å². The van der Waals surface area contributed by atoms with Crippen LogP contribution in [0.5, 0.6) is 0 Å². The number of nitrogens with one attached hydrogen (secondary N) is 2. The number of carbonyl (C=O) groups is 1. The largest absolute Gasteiger partial charge is 0.378 e. The molecule has 2 N–H and O–H groups in total. The Morgan fingerprint density at radius 2 is 2.03 bits per heavy atom. The van der Waals surface area contributed by atoms with E-state index < -0.39 is 0 Å².